The lowest BCUT2D eigenvalue weighted by molar-refractivity contribution is 0.0636. The summed E-state index contributed by atoms with van der Waals surface area (Å²) in [7, 11) is 0. The van der Waals surface area contributed by atoms with Crippen molar-refractivity contribution in [1.29, 1.82) is 0 Å². The molecule has 0 fully saturated rings. The molecule has 2 aromatic heterocycles. The molecule has 28 heavy (non-hydrogen) atoms. The molecule has 0 unspecified atom stereocenters. The molecule has 0 aliphatic carbocycles. The molecule has 0 saturated carbocycles. The van der Waals surface area contributed by atoms with E-state index >= 15 is 0 Å². The van der Waals surface area contributed by atoms with E-state index in [-0.39, 0.29) is 18.3 Å². The molecular formula is C20H22N4O4. The van der Waals surface area contributed by atoms with Gasteiger partial charge < -0.3 is 14.9 Å². The summed E-state index contributed by atoms with van der Waals surface area (Å²) in [4.78, 5) is 21.0. The predicted molar refractivity (Wildman–Crippen MR) is 104 cm³/mol. The second-order valence-corrected chi connectivity index (χ2v) is 7.18. The van der Waals surface area contributed by atoms with Crippen molar-refractivity contribution in [1.82, 2.24) is 14.5 Å². The highest BCUT2D eigenvalue weighted by atomic mass is 16.6. The number of nitrogens with zero attached hydrogens (tertiary/aromatic N) is 3. The van der Waals surface area contributed by atoms with Crippen molar-refractivity contribution >= 4 is 11.8 Å². The normalized spacial score (nSPS) is 11.2. The molecule has 3 aromatic rings. The predicted octanol–water partition coefficient (Wildman–Crippen LogP) is 3.75. The van der Waals surface area contributed by atoms with E-state index in [1.165, 1.54) is 22.9 Å². The average Bonchev–Trinajstić information content (AvgIpc) is 2.94. The number of aromatic nitrogens is 3. The topological polar surface area (TPSA) is 110 Å². The van der Waals surface area contributed by atoms with E-state index in [1.807, 2.05) is 30.3 Å². The molecule has 146 valence electrons. The standard InChI is InChI=1S/C20H22N4O4/c1-20(2,3)28-19(27)22-14-11-21-15(12-24-16(25)9-10-17(24)26)23-18(14)13-7-5-4-6-8-13/h4-11,25-26H,12H2,1-3H3,(H,22,27). The first-order chi connectivity index (χ1) is 13.2. The number of hydrogen-bond acceptors (Lipinski definition) is 6. The van der Waals surface area contributed by atoms with Crippen LogP contribution < -0.4 is 5.32 Å². The van der Waals surface area contributed by atoms with Gasteiger partial charge in [0.2, 0.25) is 0 Å². The van der Waals surface area contributed by atoms with Crippen molar-refractivity contribution in [2.75, 3.05) is 5.32 Å². The Bertz CT molecular complexity index is 958. The van der Waals surface area contributed by atoms with Gasteiger partial charge in [-0.1, -0.05) is 30.3 Å². The van der Waals surface area contributed by atoms with E-state index in [0.717, 1.165) is 5.56 Å². The molecule has 0 saturated heterocycles. The number of hydrogen-bond donors (Lipinski definition) is 3. The van der Waals surface area contributed by atoms with Crippen molar-refractivity contribution in [3.63, 3.8) is 0 Å². The van der Waals surface area contributed by atoms with Crippen molar-refractivity contribution in [2.45, 2.75) is 32.9 Å². The van der Waals surface area contributed by atoms with Crippen LogP contribution in [0.5, 0.6) is 11.8 Å². The number of anilines is 1. The molecule has 0 aliphatic rings. The van der Waals surface area contributed by atoms with Crippen molar-refractivity contribution in [3.8, 4) is 23.0 Å². The molecule has 0 radical (unpaired) electrons. The number of amides is 1. The fraction of sp³-hybridized carbons (Fsp3) is 0.250. The van der Waals surface area contributed by atoms with E-state index in [2.05, 4.69) is 15.3 Å². The summed E-state index contributed by atoms with van der Waals surface area (Å²) < 4.78 is 6.57. The van der Waals surface area contributed by atoms with E-state index < -0.39 is 11.7 Å². The maximum Gasteiger partial charge on any atom is 0.412 e. The van der Waals surface area contributed by atoms with Crippen LogP contribution >= 0.6 is 0 Å². The van der Waals surface area contributed by atoms with Gasteiger partial charge in [0.1, 0.15) is 11.4 Å². The lowest BCUT2D eigenvalue weighted by Crippen LogP contribution is -2.27. The Morgan fingerprint density at radius 2 is 1.75 bits per heavy atom. The monoisotopic (exact) mass is 382 g/mol. The number of ether oxygens (including phenoxy) is 1. The van der Waals surface area contributed by atoms with Gasteiger partial charge in [0.25, 0.3) is 0 Å². The maximum atomic E-state index is 12.2. The van der Waals surface area contributed by atoms with Gasteiger partial charge in [-0.05, 0) is 20.8 Å². The minimum Gasteiger partial charge on any atom is -0.494 e. The summed E-state index contributed by atoms with van der Waals surface area (Å²) in [5.41, 5.74) is 1.03. The molecular weight excluding hydrogens is 360 g/mol. The largest absolute Gasteiger partial charge is 0.494 e. The molecule has 0 spiro atoms. The minimum atomic E-state index is -0.638. The van der Waals surface area contributed by atoms with Gasteiger partial charge in [-0.3, -0.25) is 9.88 Å². The Labute approximate surface area is 162 Å². The Kier molecular flexibility index (Phi) is 5.21. The molecule has 3 rings (SSSR count). The SMILES string of the molecule is CC(C)(C)OC(=O)Nc1cnc(Cn2c(O)ccc2O)nc1-c1ccccc1. The second kappa shape index (κ2) is 7.59. The van der Waals surface area contributed by atoms with Crippen LogP contribution in [0.3, 0.4) is 0 Å². The molecule has 0 atom stereocenters. The van der Waals surface area contributed by atoms with Crippen molar-refractivity contribution in [2.24, 2.45) is 0 Å². The molecule has 8 nitrogen and oxygen atoms in total. The zero-order valence-corrected chi connectivity index (χ0v) is 15.9. The number of rotatable bonds is 4. The molecule has 0 bridgehead atoms. The first kappa shape index (κ1) is 19.2. The summed E-state index contributed by atoms with van der Waals surface area (Å²) in [6, 6.07) is 12.1. The lowest BCUT2D eigenvalue weighted by Gasteiger charge is -2.20. The van der Waals surface area contributed by atoms with Crippen LogP contribution in [0.1, 0.15) is 26.6 Å². The molecule has 0 aliphatic heterocycles. The quantitative estimate of drug-likeness (QED) is 0.634. The second-order valence-electron chi connectivity index (χ2n) is 7.18. The lowest BCUT2D eigenvalue weighted by atomic mass is 10.1. The van der Waals surface area contributed by atoms with Crippen LogP contribution in [0.15, 0.2) is 48.7 Å². The smallest absolute Gasteiger partial charge is 0.412 e. The van der Waals surface area contributed by atoms with E-state index in [0.29, 0.717) is 17.2 Å². The van der Waals surface area contributed by atoms with Gasteiger partial charge in [-0.15, -0.1) is 0 Å². The van der Waals surface area contributed by atoms with Crippen LogP contribution in [0, 0.1) is 0 Å². The fourth-order valence-electron chi connectivity index (χ4n) is 2.57. The highest BCUT2D eigenvalue weighted by Gasteiger charge is 2.19. The Morgan fingerprint density at radius 1 is 1.11 bits per heavy atom. The summed E-state index contributed by atoms with van der Waals surface area (Å²) >= 11 is 0. The van der Waals surface area contributed by atoms with Gasteiger partial charge in [0.05, 0.1) is 24.1 Å². The number of carbonyl (C=O) groups is 1. The number of nitrogens with one attached hydrogen (secondary N) is 1. The van der Waals surface area contributed by atoms with Crippen LogP contribution in [0.2, 0.25) is 0 Å². The van der Waals surface area contributed by atoms with Gasteiger partial charge in [0.15, 0.2) is 11.8 Å². The van der Waals surface area contributed by atoms with Crippen LogP contribution in [0.25, 0.3) is 11.3 Å². The van der Waals surface area contributed by atoms with Crippen LogP contribution in [-0.2, 0) is 11.3 Å². The van der Waals surface area contributed by atoms with E-state index in [4.69, 9.17) is 4.74 Å². The molecule has 1 amide bonds. The zero-order valence-electron chi connectivity index (χ0n) is 15.9. The summed E-state index contributed by atoms with van der Waals surface area (Å²) in [5.74, 6) is 0.159. The summed E-state index contributed by atoms with van der Waals surface area (Å²) in [6.07, 6.45) is 0.869. The van der Waals surface area contributed by atoms with Crippen molar-refractivity contribution < 1.29 is 19.7 Å². The number of carbonyl (C=O) groups excluding carboxylic acids is 1. The van der Waals surface area contributed by atoms with Gasteiger partial charge in [-0.25, -0.2) is 14.8 Å². The van der Waals surface area contributed by atoms with Crippen LogP contribution in [-0.4, -0.2) is 36.4 Å². The third kappa shape index (κ3) is 4.59. The van der Waals surface area contributed by atoms with Crippen LogP contribution in [0.4, 0.5) is 10.5 Å². The number of benzene rings is 1. The summed E-state index contributed by atoms with van der Waals surface area (Å²) in [6.45, 7) is 5.40. The van der Waals surface area contributed by atoms with Gasteiger partial charge in [-0.2, -0.15) is 0 Å². The Balaban J connectivity index is 1.95. The molecule has 2 heterocycles. The zero-order chi connectivity index (χ0) is 20.3. The third-order valence-corrected chi connectivity index (χ3v) is 3.76. The van der Waals surface area contributed by atoms with Gasteiger partial charge in [0, 0.05) is 17.7 Å². The Hall–Kier alpha value is -3.55. The minimum absolute atomic E-state index is 0.0667. The third-order valence-electron chi connectivity index (χ3n) is 3.76. The molecule has 1 aromatic carbocycles. The molecule has 3 N–H and O–H groups in total. The van der Waals surface area contributed by atoms with Crippen molar-refractivity contribution in [3.05, 3.63) is 54.5 Å². The maximum absolute atomic E-state index is 12.2. The molecule has 8 heteroatoms. The van der Waals surface area contributed by atoms with E-state index in [1.54, 1.807) is 20.8 Å². The fourth-order valence-corrected chi connectivity index (χ4v) is 2.57. The Morgan fingerprint density at radius 3 is 2.36 bits per heavy atom. The number of aromatic hydroxyl groups is 2. The first-order valence-electron chi connectivity index (χ1n) is 8.72. The average molecular weight is 382 g/mol. The van der Waals surface area contributed by atoms with E-state index in [9.17, 15) is 15.0 Å². The summed E-state index contributed by atoms with van der Waals surface area (Å²) in [5, 5.41) is 22.4. The van der Waals surface area contributed by atoms with Gasteiger partial charge >= 0.3 is 6.09 Å². The highest BCUT2D eigenvalue weighted by molar-refractivity contribution is 5.90. The first-order valence-corrected chi connectivity index (χ1v) is 8.72. The highest BCUT2D eigenvalue weighted by Crippen LogP contribution is 2.27.